The van der Waals surface area contributed by atoms with Crippen LogP contribution in [0.5, 0.6) is 0 Å². The summed E-state index contributed by atoms with van der Waals surface area (Å²) >= 11 is 0. The van der Waals surface area contributed by atoms with Crippen LogP contribution in [0.25, 0.3) is 0 Å². The highest BCUT2D eigenvalue weighted by Crippen LogP contribution is 2.08. The van der Waals surface area contributed by atoms with Gasteiger partial charge in [-0.1, -0.05) is 48.4 Å². The number of hydrogen-bond donors (Lipinski definition) is 0. The minimum Gasteiger partial charge on any atom is -0.858 e. The van der Waals surface area contributed by atoms with Crippen LogP contribution in [0.4, 0.5) is 5.88 Å². The fourth-order valence-electron chi connectivity index (χ4n) is 1.49. The quantitative estimate of drug-likeness (QED) is 0.451. The Bertz CT molecular complexity index is 520. The van der Waals surface area contributed by atoms with E-state index in [1.165, 1.54) is 0 Å². The lowest BCUT2D eigenvalue weighted by atomic mass is 10.2. The predicted molar refractivity (Wildman–Crippen MR) is 64.2 cm³/mol. The molecule has 0 spiro atoms. The molecule has 2 rings (SSSR count). The predicted octanol–water partition coefficient (Wildman–Crippen LogP) is 1.20. The molecule has 0 aliphatic carbocycles. The van der Waals surface area contributed by atoms with E-state index in [9.17, 15) is 5.11 Å². The number of aromatic nitrogens is 2. The van der Waals surface area contributed by atoms with Crippen LogP contribution < -0.4 is 9.79 Å². The monoisotopic (exact) mass is 245 g/mol. The molecule has 0 aliphatic rings. The SMILES string of the molecule is CCCC[n+]1cc(/N=C(\[O-])c2ccccc2)on1. The van der Waals surface area contributed by atoms with Crippen LogP contribution in [0.2, 0.25) is 0 Å². The van der Waals surface area contributed by atoms with Crippen LogP contribution in [0.1, 0.15) is 25.3 Å². The van der Waals surface area contributed by atoms with E-state index < -0.39 is 0 Å². The van der Waals surface area contributed by atoms with Gasteiger partial charge < -0.3 is 5.11 Å². The maximum absolute atomic E-state index is 11.8. The summed E-state index contributed by atoms with van der Waals surface area (Å²) in [6, 6.07) is 8.87. The highest BCUT2D eigenvalue weighted by molar-refractivity contribution is 5.91. The molecule has 0 unspecified atom stereocenters. The number of aliphatic imine (C=N–C) groups is 1. The summed E-state index contributed by atoms with van der Waals surface area (Å²) in [6.07, 6.45) is 3.73. The van der Waals surface area contributed by atoms with Crippen LogP contribution in [0, 0.1) is 0 Å². The molecule has 0 saturated heterocycles. The van der Waals surface area contributed by atoms with Crippen LogP contribution in [0.15, 0.2) is 46.0 Å². The van der Waals surface area contributed by atoms with Crippen molar-refractivity contribution in [1.82, 2.24) is 5.27 Å². The second-order valence-corrected chi connectivity index (χ2v) is 3.94. The summed E-state index contributed by atoms with van der Waals surface area (Å²) < 4.78 is 6.63. The molecular formula is C13H15N3O2. The fraction of sp³-hybridized carbons (Fsp3) is 0.308. The Morgan fingerprint density at radius 2 is 2.17 bits per heavy atom. The number of hydrogen-bond acceptors (Lipinski definition) is 4. The summed E-state index contributed by atoms with van der Waals surface area (Å²) in [5, 5.41) is 15.6. The van der Waals surface area contributed by atoms with E-state index in [4.69, 9.17) is 4.52 Å². The van der Waals surface area contributed by atoms with Gasteiger partial charge in [-0.3, -0.25) is 4.52 Å². The number of aryl methyl sites for hydroxylation is 1. The van der Waals surface area contributed by atoms with E-state index in [0.717, 1.165) is 19.4 Å². The molecule has 18 heavy (non-hydrogen) atoms. The average Bonchev–Trinajstić information content (AvgIpc) is 2.85. The third-order valence-corrected chi connectivity index (χ3v) is 2.47. The molecule has 1 aromatic heterocycles. The number of nitrogens with zero attached hydrogens (tertiary/aromatic N) is 3. The van der Waals surface area contributed by atoms with Gasteiger partial charge in [0.1, 0.15) is 0 Å². The van der Waals surface area contributed by atoms with Crippen LogP contribution >= 0.6 is 0 Å². The lowest BCUT2D eigenvalue weighted by Gasteiger charge is -2.07. The molecule has 0 aliphatic heterocycles. The van der Waals surface area contributed by atoms with E-state index in [2.05, 4.69) is 17.2 Å². The summed E-state index contributed by atoms with van der Waals surface area (Å²) in [7, 11) is 0. The lowest BCUT2D eigenvalue weighted by molar-refractivity contribution is -0.762. The van der Waals surface area contributed by atoms with Crippen molar-refractivity contribution < 1.29 is 14.3 Å². The fourth-order valence-corrected chi connectivity index (χ4v) is 1.49. The summed E-state index contributed by atoms with van der Waals surface area (Å²) in [5.41, 5.74) is 0.536. The molecule has 5 nitrogen and oxygen atoms in total. The third kappa shape index (κ3) is 3.16. The van der Waals surface area contributed by atoms with Crippen LogP contribution in [0.3, 0.4) is 0 Å². The van der Waals surface area contributed by atoms with Crippen molar-refractivity contribution in [3.63, 3.8) is 0 Å². The van der Waals surface area contributed by atoms with Crippen LogP contribution in [-0.4, -0.2) is 11.2 Å². The average molecular weight is 245 g/mol. The first kappa shape index (κ1) is 12.3. The molecule has 0 atom stereocenters. The van der Waals surface area contributed by atoms with Crippen molar-refractivity contribution in [2.75, 3.05) is 0 Å². The zero-order valence-electron chi connectivity index (χ0n) is 10.2. The zero-order chi connectivity index (χ0) is 12.8. The maximum atomic E-state index is 11.8. The van der Waals surface area contributed by atoms with E-state index in [-0.39, 0.29) is 11.8 Å². The van der Waals surface area contributed by atoms with E-state index in [1.54, 1.807) is 35.1 Å². The summed E-state index contributed by atoms with van der Waals surface area (Å²) in [4.78, 5) is 3.87. The number of benzene rings is 1. The van der Waals surface area contributed by atoms with Crippen molar-refractivity contribution in [3.8, 4) is 0 Å². The van der Waals surface area contributed by atoms with Crippen molar-refractivity contribution in [2.24, 2.45) is 4.99 Å². The third-order valence-electron chi connectivity index (χ3n) is 2.47. The van der Waals surface area contributed by atoms with E-state index >= 15 is 0 Å². The van der Waals surface area contributed by atoms with Gasteiger partial charge in [0.05, 0.1) is 0 Å². The minimum absolute atomic E-state index is 0.236. The first-order valence-electron chi connectivity index (χ1n) is 5.97. The Morgan fingerprint density at radius 1 is 1.39 bits per heavy atom. The van der Waals surface area contributed by atoms with Gasteiger partial charge in [0.25, 0.3) is 6.20 Å². The van der Waals surface area contributed by atoms with Gasteiger partial charge in [0.2, 0.25) is 5.27 Å². The highest BCUT2D eigenvalue weighted by atomic mass is 16.5. The Kier molecular flexibility index (Phi) is 4.06. The number of rotatable bonds is 5. The van der Waals surface area contributed by atoms with Crippen molar-refractivity contribution in [3.05, 3.63) is 42.1 Å². The largest absolute Gasteiger partial charge is 0.858 e. The highest BCUT2D eigenvalue weighted by Gasteiger charge is 2.09. The van der Waals surface area contributed by atoms with Crippen molar-refractivity contribution >= 4 is 11.8 Å². The van der Waals surface area contributed by atoms with Gasteiger partial charge >= 0.3 is 5.88 Å². The summed E-state index contributed by atoms with van der Waals surface area (Å²) in [6.45, 7) is 2.87. The van der Waals surface area contributed by atoms with E-state index in [0.29, 0.717) is 5.56 Å². The van der Waals surface area contributed by atoms with Gasteiger partial charge in [0.15, 0.2) is 6.54 Å². The lowest BCUT2D eigenvalue weighted by Crippen LogP contribution is -2.34. The summed E-state index contributed by atoms with van der Waals surface area (Å²) in [5.74, 6) is -0.0886. The van der Waals surface area contributed by atoms with E-state index in [1.807, 2.05) is 6.07 Å². The molecule has 0 amide bonds. The molecule has 0 saturated carbocycles. The Labute approximate surface area is 105 Å². The molecule has 0 fully saturated rings. The standard InChI is InChI=1S/C13H15N3O2/c1-2-3-9-16-10-12(18-15-16)14-13(17)11-7-5-4-6-8-11/h4-8,10H,2-3,9H2,1H3. The molecular weight excluding hydrogens is 230 g/mol. The molecule has 5 heteroatoms. The minimum atomic E-state index is -0.325. The number of unbranched alkanes of at least 4 members (excludes halogenated alkanes) is 1. The van der Waals surface area contributed by atoms with Gasteiger partial charge in [-0.2, -0.15) is 0 Å². The first-order chi connectivity index (χ1) is 8.79. The smallest absolute Gasteiger partial charge is 0.320 e. The van der Waals surface area contributed by atoms with Crippen LogP contribution in [-0.2, 0) is 6.54 Å². The molecule has 0 N–H and O–H groups in total. The normalized spacial score (nSPS) is 11.7. The molecule has 94 valence electrons. The Balaban J connectivity index is 2.10. The molecule has 0 bridgehead atoms. The van der Waals surface area contributed by atoms with Gasteiger partial charge in [-0.05, 0) is 11.5 Å². The topological polar surface area (TPSA) is 65.3 Å². The van der Waals surface area contributed by atoms with Crippen molar-refractivity contribution in [2.45, 2.75) is 26.3 Å². The first-order valence-corrected chi connectivity index (χ1v) is 5.97. The molecule has 0 radical (unpaired) electrons. The van der Waals surface area contributed by atoms with Gasteiger partial charge in [-0.15, -0.1) is 0 Å². The molecule has 1 heterocycles. The molecule has 2 aromatic rings. The molecule has 1 aromatic carbocycles. The Morgan fingerprint density at radius 3 is 2.89 bits per heavy atom. The second-order valence-electron chi connectivity index (χ2n) is 3.94. The van der Waals surface area contributed by atoms with Gasteiger partial charge in [0, 0.05) is 6.42 Å². The zero-order valence-corrected chi connectivity index (χ0v) is 10.2. The second kappa shape index (κ2) is 5.95. The Hall–Kier alpha value is -2.17. The maximum Gasteiger partial charge on any atom is 0.320 e. The van der Waals surface area contributed by atoms with Gasteiger partial charge in [-0.25, -0.2) is 4.99 Å². The van der Waals surface area contributed by atoms with Crippen molar-refractivity contribution in [1.29, 1.82) is 0 Å².